The number of piperidine rings is 1. The van der Waals surface area contributed by atoms with E-state index in [2.05, 4.69) is 17.1 Å². The van der Waals surface area contributed by atoms with Crippen LogP contribution in [0.1, 0.15) is 19.8 Å². The van der Waals surface area contributed by atoms with Crippen molar-refractivity contribution in [2.75, 3.05) is 36.4 Å². The van der Waals surface area contributed by atoms with E-state index < -0.39 is 0 Å². The number of carbonyl (C=O) groups is 2. The lowest BCUT2D eigenvalue weighted by molar-refractivity contribution is -0.123. The Bertz CT molecular complexity index is 558. The molecule has 2 aliphatic rings. The maximum absolute atomic E-state index is 12.6. The smallest absolute Gasteiger partial charge is 0.244 e. The number of amides is 2. The Morgan fingerprint density at radius 2 is 2.19 bits per heavy atom. The summed E-state index contributed by atoms with van der Waals surface area (Å²) in [5.74, 6) is 0.518. The number of fused-ring (bicyclic) bond motifs is 1. The first-order valence-electron chi connectivity index (χ1n) is 7.55. The van der Waals surface area contributed by atoms with Crippen molar-refractivity contribution in [1.82, 2.24) is 4.90 Å². The molecule has 2 aliphatic heterocycles. The monoisotopic (exact) mass is 287 g/mol. The Morgan fingerprint density at radius 1 is 1.38 bits per heavy atom. The fourth-order valence-corrected chi connectivity index (χ4v) is 3.16. The number of para-hydroxylation sites is 2. The van der Waals surface area contributed by atoms with Gasteiger partial charge in [0.25, 0.3) is 0 Å². The van der Waals surface area contributed by atoms with Crippen LogP contribution in [0.15, 0.2) is 24.3 Å². The summed E-state index contributed by atoms with van der Waals surface area (Å²) in [6, 6.07) is 7.46. The molecule has 1 N–H and O–H groups in total. The van der Waals surface area contributed by atoms with E-state index in [1.807, 2.05) is 24.3 Å². The van der Waals surface area contributed by atoms with Crippen LogP contribution in [0.5, 0.6) is 0 Å². The summed E-state index contributed by atoms with van der Waals surface area (Å²) in [4.78, 5) is 28.2. The first-order chi connectivity index (χ1) is 10.1. The standard InChI is InChI=1S/C16H21N3O2/c1-12-5-4-8-18(9-12)11-16(21)19-10-15(20)17-13-6-2-3-7-14(13)19/h2-3,6-7,12H,4-5,8-11H2,1H3,(H,17,20). The van der Waals surface area contributed by atoms with Gasteiger partial charge < -0.3 is 5.32 Å². The van der Waals surface area contributed by atoms with Crippen LogP contribution in [0.4, 0.5) is 11.4 Å². The molecule has 1 atom stereocenters. The van der Waals surface area contributed by atoms with E-state index in [1.165, 1.54) is 6.42 Å². The number of hydrogen-bond donors (Lipinski definition) is 1. The van der Waals surface area contributed by atoms with Crippen molar-refractivity contribution in [3.8, 4) is 0 Å². The SMILES string of the molecule is CC1CCCN(CC(=O)N2CC(=O)Nc3ccccc32)C1. The molecule has 5 nitrogen and oxygen atoms in total. The molecule has 1 unspecified atom stereocenters. The van der Waals surface area contributed by atoms with Gasteiger partial charge in [-0.1, -0.05) is 19.1 Å². The molecule has 0 bridgehead atoms. The maximum atomic E-state index is 12.6. The summed E-state index contributed by atoms with van der Waals surface area (Å²) >= 11 is 0. The molecule has 21 heavy (non-hydrogen) atoms. The van der Waals surface area contributed by atoms with Crippen LogP contribution in [0.2, 0.25) is 0 Å². The van der Waals surface area contributed by atoms with Gasteiger partial charge in [-0.15, -0.1) is 0 Å². The molecule has 2 heterocycles. The zero-order valence-corrected chi connectivity index (χ0v) is 12.3. The van der Waals surface area contributed by atoms with E-state index in [0.29, 0.717) is 18.2 Å². The second-order valence-electron chi connectivity index (χ2n) is 6.03. The zero-order valence-electron chi connectivity index (χ0n) is 12.3. The molecule has 0 spiro atoms. The highest BCUT2D eigenvalue weighted by molar-refractivity contribution is 6.10. The van der Waals surface area contributed by atoms with E-state index in [0.717, 1.165) is 25.2 Å². The highest BCUT2D eigenvalue weighted by Gasteiger charge is 2.28. The van der Waals surface area contributed by atoms with E-state index in [-0.39, 0.29) is 18.4 Å². The molecule has 0 aromatic heterocycles. The largest absolute Gasteiger partial charge is 0.323 e. The van der Waals surface area contributed by atoms with Gasteiger partial charge >= 0.3 is 0 Å². The normalized spacial score (nSPS) is 22.6. The van der Waals surface area contributed by atoms with Crippen LogP contribution >= 0.6 is 0 Å². The predicted molar refractivity (Wildman–Crippen MR) is 82.3 cm³/mol. The molecule has 1 aromatic rings. The van der Waals surface area contributed by atoms with Crippen molar-refractivity contribution in [3.63, 3.8) is 0 Å². The fraction of sp³-hybridized carbons (Fsp3) is 0.500. The summed E-state index contributed by atoms with van der Waals surface area (Å²) < 4.78 is 0. The first kappa shape index (κ1) is 14.1. The van der Waals surface area contributed by atoms with Crippen molar-refractivity contribution >= 4 is 23.2 Å². The van der Waals surface area contributed by atoms with E-state index in [4.69, 9.17) is 0 Å². The van der Waals surface area contributed by atoms with Crippen LogP contribution in [-0.4, -0.2) is 42.9 Å². The van der Waals surface area contributed by atoms with Crippen LogP contribution in [0, 0.1) is 5.92 Å². The molecule has 0 radical (unpaired) electrons. The predicted octanol–water partition coefficient (Wildman–Crippen LogP) is 1.70. The molecule has 0 aliphatic carbocycles. The average Bonchev–Trinajstić information content (AvgIpc) is 2.46. The molecule has 1 saturated heterocycles. The number of carbonyl (C=O) groups excluding carboxylic acids is 2. The topological polar surface area (TPSA) is 52.7 Å². The minimum Gasteiger partial charge on any atom is -0.323 e. The van der Waals surface area contributed by atoms with Crippen LogP contribution in [0.3, 0.4) is 0 Å². The van der Waals surface area contributed by atoms with Gasteiger partial charge in [-0.2, -0.15) is 0 Å². The Hall–Kier alpha value is -1.88. The quantitative estimate of drug-likeness (QED) is 0.901. The Morgan fingerprint density at radius 3 is 3.00 bits per heavy atom. The van der Waals surface area contributed by atoms with Crippen LogP contribution in [0.25, 0.3) is 0 Å². The van der Waals surface area contributed by atoms with Gasteiger partial charge in [0.05, 0.1) is 17.9 Å². The van der Waals surface area contributed by atoms with Crippen molar-refractivity contribution in [2.45, 2.75) is 19.8 Å². The summed E-state index contributed by atoms with van der Waals surface area (Å²) in [5.41, 5.74) is 1.52. The summed E-state index contributed by atoms with van der Waals surface area (Å²) in [5, 5.41) is 2.81. The Balaban J connectivity index is 1.74. The van der Waals surface area contributed by atoms with Gasteiger partial charge in [-0.25, -0.2) is 0 Å². The molecular formula is C16H21N3O2. The van der Waals surface area contributed by atoms with Gasteiger partial charge in [-0.3, -0.25) is 19.4 Å². The number of rotatable bonds is 2. The van der Waals surface area contributed by atoms with E-state index in [9.17, 15) is 9.59 Å². The lowest BCUT2D eigenvalue weighted by Gasteiger charge is -2.34. The average molecular weight is 287 g/mol. The molecule has 112 valence electrons. The van der Waals surface area contributed by atoms with Crippen molar-refractivity contribution in [3.05, 3.63) is 24.3 Å². The molecule has 2 amide bonds. The lowest BCUT2D eigenvalue weighted by atomic mass is 10.0. The molecule has 0 saturated carbocycles. The second-order valence-corrected chi connectivity index (χ2v) is 6.03. The summed E-state index contributed by atoms with van der Waals surface area (Å²) in [6.45, 7) is 4.66. The molecule has 3 rings (SSSR count). The highest BCUT2D eigenvalue weighted by Crippen LogP contribution is 2.29. The van der Waals surface area contributed by atoms with Gasteiger partial charge in [0.15, 0.2) is 0 Å². The number of hydrogen-bond acceptors (Lipinski definition) is 3. The Kier molecular flexibility index (Phi) is 3.92. The number of benzene rings is 1. The van der Waals surface area contributed by atoms with Gasteiger partial charge in [0.2, 0.25) is 11.8 Å². The zero-order chi connectivity index (χ0) is 14.8. The highest BCUT2D eigenvalue weighted by atomic mass is 16.2. The van der Waals surface area contributed by atoms with Crippen molar-refractivity contribution in [2.24, 2.45) is 5.92 Å². The minimum atomic E-state index is -0.130. The first-order valence-corrected chi connectivity index (χ1v) is 7.55. The Labute approximate surface area is 124 Å². The third-order valence-corrected chi connectivity index (χ3v) is 4.17. The number of likely N-dealkylation sites (tertiary alicyclic amines) is 1. The van der Waals surface area contributed by atoms with Crippen LogP contribution in [-0.2, 0) is 9.59 Å². The fourth-order valence-electron chi connectivity index (χ4n) is 3.16. The molecule has 1 fully saturated rings. The van der Waals surface area contributed by atoms with Crippen molar-refractivity contribution in [1.29, 1.82) is 0 Å². The van der Waals surface area contributed by atoms with Gasteiger partial charge in [-0.05, 0) is 37.4 Å². The summed E-state index contributed by atoms with van der Waals surface area (Å²) in [6.07, 6.45) is 2.38. The van der Waals surface area contributed by atoms with Crippen LogP contribution < -0.4 is 10.2 Å². The molecular weight excluding hydrogens is 266 g/mol. The van der Waals surface area contributed by atoms with E-state index >= 15 is 0 Å². The number of nitrogens with zero attached hydrogens (tertiary/aromatic N) is 2. The lowest BCUT2D eigenvalue weighted by Crippen LogP contribution is -2.48. The number of nitrogens with one attached hydrogen (secondary N) is 1. The minimum absolute atomic E-state index is 0.00593. The third-order valence-electron chi connectivity index (χ3n) is 4.17. The maximum Gasteiger partial charge on any atom is 0.244 e. The van der Waals surface area contributed by atoms with Crippen molar-refractivity contribution < 1.29 is 9.59 Å². The summed E-state index contributed by atoms with van der Waals surface area (Å²) in [7, 11) is 0. The van der Waals surface area contributed by atoms with E-state index in [1.54, 1.807) is 4.90 Å². The van der Waals surface area contributed by atoms with Gasteiger partial charge in [0, 0.05) is 6.54 Å². The molecule has 1 aromatic carbocycles. The second kappa shape index (κ2) is 5.85. The van der Waals surface area contributed by atoms with Gasteiger partial charge in [0.1, 0.15) is 6.54 Å². The molecule has 5 heteroatoms. The number of anilines is 2. The third kappa shape index (κ3) is 3.08.